The summed E-state index contributed by atoms with van der Waals surface area (Å²) < 4.78 is 0. The first-order valence-electron chi connectivity index (χ1n) is 11.1. The molecule has 1 heterocycles. The molecule has 0 spiro atoms. The smallest absolute Gasteiger partial charge is 0.241 e. The highest BCUT2D eigenvalue weighted by molar-refractivity contribution is 5.95. The lowest BCUT2D eigenvalue weighted by Gasteiger charge is -2.41. The van der Waals surface area contributed by atoms with Crippen LogP contribution in [0.4, 0.5) is 5.69 Å². The fourth-order valence-electron chi connectivity index (χ4n) is 4.36. The number of amides is 1. The monoisotopic (exact) mass is 424 g/mol. The van der Waals surface area contributed by atoms with E-state index in [0.29, 0.717) is 11.3 Å². The van der Waals surface area contributed by atoms with E-state index < -0.39 is 0 Å². The minimum atomic E-state index is -0.268. The highest BCUT2D eigenvalue weighted by Gasteiger charge is 2.30. The molecule has 1 amide bonds. The van der Waals surface area contributed by atoms with Crippen LogP contribution in [0.5, 0.6) is 0 Å². The lowest BCUT2D eigenvalue weighted by molar-refractivity contribution is -0.121. The molecule has 0 bridgehead atoms. The van der Waals surface area contributed by atoms with Crippen LogP contribution in [-0.2, 0) is 4.79 Å². The lowest BCUT2D eigenvalue weighted by atomic mass is 9.96. The largest absolute Gasteiger partial charge is 0.324 e. The van der Waals surface area contributed by atoms with E-state index in [-0.39, 0.29) is 18.0 Å². The molecule has 1 saturated heterocycles. The third-order valence-electron chi connectivity index (χ3n) is 6.18. The van der Waals surface area contributed by atoms with E-state index in [1.54, 1.807) is 18.2 Å². The van der Waals surface area contributed by atoms with Crippen molar-refractivity contribution < 1.29 is 4.79 Å². The molecule has 0 aromatic heterocycles. The van der Waals surface area contributed by atoms with Crippen LogP contribution in [0.15, 0.2) is 84.9 Å². The van der Waals surface area contributed by atoms with Gasteiger partial charge in [-0.25, -0.2) is 0 Å². The van der Waals surface area contributed by atoms with E-state index >= 15 is 0 Å². The van der Waals surface area contributed by atoms with Crippen molar-refractivity contribution in [2.24, 2.45) is 0 Å². The molecule has 0 aliphatic carbocycles. The zero-order valence-electron chi connectivity index (χ0n) is 18.3. The highest BCUT2D eigenvalue weighted by Crippen LogP contribution is 2.29. The van der Waals surface area contributed by atoms with Crippen molar-refractivity contribution in [1.29, 1.82) is 5.26 Å². The molecule has 1 aliphatic heterocycles. The second kappa shape index (κ2) is 10.2. The zero-order valence-corrected chi connectivity index (χ0v) is 18.3. The van der Waals surface area contributed by atoms with E-state index in [1.165, 1.54) is 11.1 Å². The number of anilines is 1. The predicted octanol–water partition coefficient (Wildman–Crippen LogP) is 4.29. The van der Waals surface area contributed by atoms with Gasteiger partial charge in [-0.15, -0.1) is 0 Å². The highest BCUT2D eigenvalue weighted by atomic mass is 16.2. The molecule has 3 aromatic rings. The van der Waals surface area contributed by atoms with Crippen LogP contribution in [0.25, 0.3) is 0 Å². The predicted molar refractivity (Wildman–Crippen MR) is 127 cm³/mol. The quantitative estimate of drug-likeness (QED) is 0.641. The topological polar surface area (TPSA) is 59.4 Å². The Bertz CT molecular complexity index is 1030. The number of carbonyl (C=O) groups excluding carboxylic acids is 1. The van der Waals surface area contributed by atoms with Crippen molar-refractivity contribution in [2.75, 3.05) is 31.5 Å². The summed E-state index contributed by atoms with van der Waals surface area (Å²) in [6.07, 6.45) is 0. The standard InChI is InChI=1S/C27H28N4O/c1-21(27(32)29-25-15-9-8-14-24(25)20-28)30-16-18-31(19-17-30)26(22-10-4-2-5-11-22)23-12-6-3-7-13-23/h2-15,21,26H,16-19H2,1H3,(H,29,32)/t21-/m1/s1. The van der Waals surface area contributed by atoms with Crippen LogP contribution in [0.1, 0.15) is 29.7 Å². The van der Waals surface area contributed by atoms with Gasteiger partial charge in [-0.3, -0.25) is 14.6 Å². The van der Waals surface area contributed by atoms with Crippen LogP contribution in [0, 0.1) is 11.3 Å². The second-order valence-electron chi connectivity index (χ2n) is 8.12. The van der Waals surface area contributed by atoms with Gasteiger partial charge in [-0.05, 0) is 30.2 Å². The number of nitrogens with one attached hydrogen (secondary N) is 1. The van der Waals surface area contributed by atoms with Crippen molar-refractivity contribution in [1.82, 2.24) is 9.80 Å². The maximum atomic E-state index is 12.9. The molecule has 5 nitrogen and oxygen atoms in total. The Morgan fingerprint density at radius 1 is 0.812 bits per heavy atom. The van der Waals surface area contributed by atoms with Crippen LogP contribution < -0.4 is 5.32 Å². The van der Waals surface area contributed by atoms with E-state index in [1.807, 2.05) is 25.1 Å². The fraction of sp³-hybridized carbons (Fsp3) is 0.259. The van der Waals surface area contributed by atoms with Crippen molar-refractivity contribution in [3.05, 3.63) is 102 Å². The van der Waals surface area contributed by atoms with Gasteiger partial charge in [0, 0.05) is 26.2 Å². The molecule has 1 aliphatic rings. The number of hydrogen-bond acceptors (Lipinski definition) is 4. The molecule has 1 N–H and O–H groups in total. The SMILES string of the molecule is C[C@H](C(=O)Nc1ccccc1C#N)N1CCN(C(c2ccccc2)c2ccccc2)CC1. The number of hydrogen-bond donors (Lipinski definition) is 1. The lowest BCUT2D eigenvalue weighted by Crippen LogP contribution is -2.53. The third-order valence-corrected chi connectivity index (χ3v) is 6.18. The molecule has 0 unspecified atom stereocenters. The molecular weight excluding hydrogens is 396 g/mol. The molecule has 5 heteroatoms. The van der Waals surface area contributed by atoms with Gasteiger partial charge < -0.3 is 5.32 Å². The molecule has 1 atom stereocenters. The number of para-hydroxylation sites is 1. The van der Waals surface area contributed by atoms with E-state index in [2.05, 4.69) is 69.7 Å². The summed E-state index contributed by atoms with van der Waals surface area (Å²) >= 11 is 0. The Kier molecular flexibility index (Phi) is 6.96. The molecular formula is C27H28N4O. The summed E-state index contributed by atoms with van der Waals surface area (Å²) in [6.45, 7) is 5.31. The van der Waals surface area contributed by atoms with Crippen molar-refractivity contribution in [2.45, 2.75) is 19.0 Å². The summed E-state index contributed by atoms with van der Waals surface area (Å²) in [5.74, 6) is -0.0798. The Hall–Kier alpha value is -3.46. The second-order valence-corrected chi connectivity index (χ2v) is 8.12. The Morgan fingerprint density at radius 3 is 1.88 bits per heavy atom. The summed E-state index contributed by atoms with van der Waals surface area (Å²) in [5.41, 5.74) is 3.61. The maximum Gasteiger partial charge on any atom is 0.241 e. The van der Waals surface area contributed by atoms with Crippen molar-refractivity contribution >= 4 is 11.6 Å². The van der Waals surface area contributed by atoms with E-state index in [9.17, 15) is 10.1 Å². The van der Waals surface area contributed by atoms with Crippen LogP contribution in [0.2, 0.25) is 0 Å². The van der Waals surface area contributed by atoms with Crippen molar-refractivity contribution in [3.63, 3.8) is 0 Å². The Balaban J connectivity index is 1.43. The van der Waals surface area contributed by atoms with Gasteiger partial charge in [-0.2, -0.15) is 5.26 Å². The van der Waals surface area contributed by atoms with Crippen LogP contribution in [-0.4, -0.2) is 47.9 Å². The molecule has 0 radical (unpaired) electrons. The third kappa shape index (κ3) is 4.88. The molecule has 1 fully saturated rings. The molecule has 3 aromatic carbocycles. The van der Waals surface area contributed by atoms with Crippen LogP contribution in [0.3, 0.4) is 0 Å². The number of piperazine rings is 1. The summed E-state index contributed by atoms with van der Waals surface area (Å²) in [7, 11) is 0. The number of benzene rings is 3. The number of nitriles is 1. The molecule has 0 saturated carbocycles. The van der Waals surface area contributed by atoms with Gasteiger partial charge in [-0.1, -0.05) is 72.8 Å². The minimum absolute atomic E-state index is 0.0798. The maximum absolute atomic E-state index is 12.9. The Labute approximate surface area is 189 Å². The first-order chi connectivity index (χ1) is 15.7. The number of nitrogens with zero attached hydrogens (tertiary/aromatic N) is 3. The zero-order chi connectivity index (χ0) is 22.3. The fourth-order valence-corrected chi connectivity index (χ4v) is 4.36. The minimum Gasteiger partial charge on any atom is -0.324 e. The van der Waals surface area contributed by atoms with E-state index in [0.717, 1.165) is 26.2 Å². The molecule has 162 valence electrons. The number of carbonyl (C=O) groups is 1. The van der Waals surface area contributed by atoms with Crippen molar-refractivity contribution in [3.8, 4) is 6.07 Å². The average molecular weight is 425 g/mol. The van der Waals surface area contributed by atoms with Gasteiger partial charge in [0.15, 0.2) is 0 Å². The number of rotatable bonds is 6. The van der Waals surface area contributed by atoms with Gasteiger partial charge in [0.05, 0.1) is 23.3 Å². The van der Waals surface area contributed by atoms with Gasteiger partial charge in [0.25, 0.3) is 0 Å². The summed E-state index contributed by atoms with van der Waals surface area (Å²) in [4.78, 5) is 17.6. The summed E-state index contributed by atoms with van der Waals surface area (Å²) in [6, 6.07) is 30.4. The first kappa shape index (κ1) is 21.8. The van der Waals surface area contributed by atoms with Gasteiger partial charge in [0.2, 0.25) is 5.91 Å². The molecule has 32 heavy (non-hydrogen) atoms. The first-order valence-corrected chi connectivity index (χ1v) is 11.1. The average Bonchev–Trinajstić information content (AvgIpc) is 2.86. The van der Waals surface area contributed by atoms with Crippen LogP contribution >= 0.6 is 0 Å². The van der Waals surface area contributed by atoms with Gasteiger partial charge >= 0.3 is 0 Å². The van der Waals surface area contributed by atoms with Gasteiger partial charge in [0.1, 0.15) is 6.07 Å². The molecule has 4 rings (SSSR count). The normalized spacial score (nSPS) is 15.8. The summed E-state index contributed by atoms with van der Waals surface area (Å²) in [5, 5.41) is 12.2. The van der Waals surface area contributed by atoms with E-state index in [4.69, 9.17) is 0 Å². The Morgan fingerprint density at radius 2 is 1.31 bits per heavy atom.